The first-order chi connectivity index (χ1) is 14.6. The maximum atomic E-state index is 14.3. The zero-order valence-electron chi connectivity index (χ0n) is 17.4. The van der Waals surface area contributed by atoms with Crippen LogP contribution in [0.2, 0.25) is 0 Å². The molecular weight excluding hydrogens is 412 g/mol. The molecule has 1 fully saturated rings. The van der Waals surface area contributed by atoms with E-state index in [2.05, 4.69) is 9.97 Å². The zero-order chi connectivity index (χ0) is 22.9. The highest BCUT2D eigenvalue weighted by Crippen LogP contribution is 2.45. The van der Waals surface area contributed by atoms with Gasteiger partial charge in [-0.2, -0.15) is 0 Å². The van der Waals surface area contributed by atoms with E-state index in [1.54, 1.807) is 13.8 Å². The molecule has 1 aliphatic rings. The number of rotatable bonds is 7. The van der Waals surface area contributed by atoms with Gasteiger partial charge in [0.1, 0.15) is 12.4 Å². The Balaban J connectivity index is 1.80. The molecule has 8 heteroatoms. The Kier molecular flexibility index (Phi) is 6.35. The molecule has 0 amide bonds. The third kappa shape index (κ3) is 4.41. The van der Waals surface area contributed by atoms with Gasteiger partial charge < -0.3 is 4.74 Å². The van der Waals surface area contributed by atoms with Gasteiger partial charge in [0.25, 0.3) is 0 Å². The summed E-state index contributed by atoms with van der Waals surface area (Å²) in [7, 11) is 0. The normalized spacial score (nSPS) is 15.5. The number of halogens is 4. The summed E-state index contributed by atoms with van der Waals surface area (Å²) >= 11 is 0. The standard InChI is InChI=1S/C23H22F4N2O2/c1-5-6-14-17(24)19(26)15(20(27)18(14)25)11-31-21(30)16(12(2)3)13-9-28-22(29-10-13)23(4)7-8-23/h1,9-10,12,16H,6-8,11H2,2-4H3. The van der Waals surface area contributed by atoms with Crippen molar-refractivity contribution in [2.24, 2.45) is 5.92 Å². The Hall–Kier alpha value is -2.95. The highest BCUT2D eigenvalue weighted by atomic mass is 19.2. The summed E-state index contributed by atoms with van der Waals surface area (Å²) < 4.78 is 61.7. The second-order valence-corrected chi connectivity index (χ2v) is 8.32. The maximum absolute atomic E-state index is 14.3. The van der Waals surface area contributed by atoms with Crippen molar-refractivity contribution >= 4 is 5.97 Å². The summed E-state index contributed by atoms with van der Waals surface area (Å²) in [6, 6.07) is 0. The summed E-state index contributed by atoms with van der Waals surface area (Å²) in [6.45, 7) is 4.60. The smallest absolute Gasteiger partial charge is 0.314 e. The largest absolute Gasteiger partial charge is 0.460 e. The summed E-state index contributed by atoms with van der Waals surface area (Å²) in [4.78, 5) is 21.4. The van der Waals surface area contributed by atoms with E-state index in [1.807, 2.05) is 12.8 Å². The number of carbonyl (C=O) groups is 1. The van der Waals surface area contributed by atoms with E-state index in [0.29, 0.717) is 11.4 Å². The minimum Gasteiger partial charge on any atom is -0.460 e. The average Bonchev–Trinajstić information content (AvgIpc) is 3.48. The molecule has 0 bridgehead atoms. The highest BCUT2D eigenvalue weighted by Gasteiger charge is 2.42. The average molecular weight is 434 g/mol. The first-order valence-electron chi connectivity index (χ1n) is 9.87. The van der Waals surface area contributed by atoms with Crippen molar-refractivity contribution in [1.82, 2.24) is 9.97 Å². The van der Waals surface area contributed by atoms with Crippen LogP contribution in [0.4, 0.5) is 17.6 Å². The Labute approximate surface area is 178 Å². The molecule has 1 saturated carbocycles. The van der Waals surface area contributed by atoms with E-state index in [-0.39, 0.29) is 11.3 Å². The fourth-order valence-electron chi connectivity index (χ4n) is 3.35. The lowest BCUT2D eigenvalue weighted by molar-refractivity contribution is -0.148. The van der Waals surface area contributed by atoms with Gasteiger partial charge in [0.15, 0.2) is 23.3 Å². The molecule has 4 nitrogen and oxygen atoms in total. The second-order valence-electron chi connectivity index (χ2n) is 8.32. The second kappa shape index (κ2) is 8.66. The van der Waals surface area contributed by atoms with Crippen LogP contribution in [0, 0.1) is 41.5 Å². The van der Waals surface area contributed by atoms with Crippen LogP contribution in [-0.4, -0.2) is 15.9 Å². The van der Waals surface area contributed by atoms with Crippen molar-refractivity contribution in [1.29, 1.82) is 0 Å². The van der Waals surface area contributed by atoms with Crippen LogP contribution in [0.5, 0.6) is 0 Å². The van der Waals surface area contributed by atoms with Crippen LogP contribution >= 0.6 is 0 Å². The summed E-state index contributed by atoms with van der Waals surface area (Å²) in [5.41, 5.74) is -1.45. The van der Waals surface area contributed by atoms with Gasteiger partial charge in [-0.05, 0) is 18.8 Å². The van der Waals surface area contributed by atoms with Crippen molar-refractivity contribution in [2.75, 3.05) is 0 Å². The monoisotopic (exact) mass is 434 g/mol. The molecule has 0 saturated heterocycles. The van der Waals surface area contributed by atoms with Crippen LogP contribution in [0.25, 0.3) is 0 Å². The molecule has 0 spiro atoms. The predicted molar refractivity (Wildman–Crippen MR) is 105 cm³/mol. The van der Waals surface area contributed by atoms with Gasteiger partial charge in [-0.3, -0.25) is 4.79 Å². The molecule has 2 aromatic rings. The number of esters is 1. The third-order valence-corrected chi connectivity index (χ3v) is 5.57. The third-order valence-electron chi connectivity index (χ3n) is 5.57. The van der Waals surface area contributed by atoms with Crippen LogP contribution in [0.1, 0.15) is 62.0 Å². The molecule has 1 aliphatic carbocycles. The van der Waals surface area contributed by atoms with Crippen LogP contribution in [-0.2, 0) is 28.0 Å². The van der Waals surface area contributed by atoms with Crippen molar-refractivity contribution in [3.8, 4) is 12.3 Å². The Morgan fingerprint density at radius 2 is 1.61 bits per heavy atom. The van der Waals surface area contributed by atoms with E-state index >= 15 is 0 Å². The van der Waals surface area contributed by atoms with Gasteiger partial charge in [-0.1, -0.05) is 20.8 Å². The summed E-state index contributed by atoms with van der Waals surface area (Å²) in [6.07, 6.45) is 9.42. The quantitative estimate of drug-likeness (QED) is 0.273. The molecule has 1 aromatic heterocycles. The Morgan fingerprint density at radius 1 is 1.10 bits per heavy atom. The summed E-state index contributed by atoms with van der Waals surface area (Å²) in [5.74, 6) is -5.71. The molecule has 0 aliphatic heterocycles. The fraction of sp³-hybridized carbons (Fsp3) is 0.435. The molecule has 1 heterocycles. The molecule has 1 aromatic carbocycles. The van der Waals surface area contributed by atoms with E-state index < -0.39 is 59.3 Å². The highest BCUT2D eigenvalue weighted by molar-refractivity contribution is 5.78. The molecule has 0 radical (unpaired) electrons. The van der Waals surface area contributed by atoms with E-state index in [9.17, 15) is 22.4 Å². The topological polar surface area (TPSA) is 52.1 Å². The number of ether oxygens (including phenoxy) is 1. The lowest BCUT2D eigenvalue weighted by Gasteiger charge is -2.20. The number of terminal acetylenes is 1. The molecule has 1 unspecified atom stereocenters. The van der Waals surface area contributed by atoms with Crippen molar-refractivity contribution in [2.45, 2.75) is 58.0 Å². The van der Waals surface area contributed by atoms with Crippen molar-refractivity contribution in [3.63, 3.8) is 0 Å². The van der Waals surface area contributed by atoms with Crippen LogP contribution < -0.4 is 0 Å². The predicted octanol–water partition coefficient (Wildman–Crippen LogP) is 4.74. The first kappa shape index (κ1) is 22.7. The van der Waals surface area contributed by atoms with Gasteiger partial charge in [0, 0.05) is 35.4 Å². The number of hydrogen-bond acceptors (Lipinski definition) is 4. The van der Waals surface area contributed by atoms with E-state index in [0.717, 1.165) is 12.8 Å². The molecule has 0 N–H and O–H groups in total. The molecule has 164 valence electrons. The lowest BCUT2D eigenvalue weighted by Crippen LogP contribution is -2.22. The zero-order valence-corrected chi connectivity index (χ0v) is 17.4. The van der Waals surface area contributed by atoms with Crippen LogP contribution in [0.15, 0.2) is 12.4 Å². The number of hydrogen-bond donors (Lipinski definition) is 0. The minimum absolute atomic E-state index is 0.0405. The maximum Gasteiger partial charge on any atom is 0.314 e. The van der Waals surface area contributed by atoms with Crippen molar-refractivity contribution in [3.05, 3.63) is 58.2 Å². The Bertz CT molecular complexity index is 1010. The molecule has 31 heavy (non-hydrogen) atoms. The first-order valence-corrected chi connectivity index (χ1v) is 9.87. The van der Waals surface area contributed by atoms with Gasteiger partial charge in [-0.25, -0.2) is 27.5 Å². The van der Waals surface area contributed by atoms with Crippen LogP contribution in [0.3, 0.4) is 0 Å². The van der Waals surface area contributed by atoms with Crippen molar-refractivity contribution < 1.29 is 27.1 Å². The number of nitrogens with zero attached hydrogens (tertiary/aromatic N) is 2. The molecule has 3 rings (SSSR count). The number of benzene rings is 1. The molecular formula is C23H22F4N2O2. The summed E-state index contributed by atoms with van der Waals surface area (Å²) in [5, 5.41) is 0. The SMILES string of the molecule is C#CCc1c(F)c(F)c(COC(=O)C(c2cnc(C3(C)CC3)nc2)C(C)C)c(F)c1F. The fourth-order valence-corrected chi connectivity index (χ4v) is 3.35. The van der Waals surface area contributed by atoms with Gasteiger partial charge in [-0.15, -0.1) is 12.3 Å². The Morgan fingerprint density at radius 3 is 2.06 bits per heavy atom. The molecule has 1 atom stereocenters. The van der Waals surface area contributed by atoms with E-state index in [1.165, 1.54) is 12.4 Å². The van der Waals surface area contributed by atoms with Gasteiger partial charge >= 0.3 is 5.97 Å². The number of carbonyl (C=O) groups excluding carboxylic acids is 1. The van der Waals surface area contributed by atoms with Gasteiger partial charge in [0.2, 0.25) is 0 Å². The lowest BCUT2D eigenvalue weighted by atomic mass is 9.90. The van der Waals surface area contributed by atoms with Gasteiger partial charge in [0.05, 0.1) is 11.5 Å². The number of aromatic nitrogens is 2. The minimum atomic E-state index is -1.64. The van der Waals surface area contributed by atoms with E-state index in [4.69, 9.17) is 11.2 Å².